The Morgan fingerprint density at radius 3 is 2.51 bits per heavy atom. The minimum absolute atomic E-state index is 0.339. The molecule has 3 aromatic rings. The standard InChI is InChI=1S/C27H28BrN3O4/c1-4-21-7-5-6-8-23(21)30-25(32)15-26(33)31-29-16-20-13-22(28)27(24(14-20)34-3)35-17-19-11-9-18(2)10-12-19/h5-14,16H,4,15,17H2,1-3H3,(H,30,32)(H,31,33). The number of rotatable bonds is 10. The predicted octanol–water partition coefficient (Wildman–Crippen LogP) is 5.39. The van der Waals surface area contributed by atoms with Crippen LogP contribution in [0.4, 0.5) is 5.69 Å². The van der Waals surface area contributed by atoms with Gasteiger partial charge in [0, 0.05) is 5.69 Å². The highest BCUT2D eigenvalue weighted by atomic mass is 79.9. The first kappa shape index (κ1) is 26.0. The lowest BCUT2D eigenvalue weighted by Crippen LogP contribution is -2.25. The van der Waals surface area contributed by atoms with Crippen molar-refractivity contribution in [2.75, 3.05) is 12.4 Å². The third-order valence-corrected chi connectivity index (χ3v) is 5.74. The largest absolute Gasteiger partial charge is 0.493 e. The van der Waals surface area contributed by atoms with Crippen molar-refractivity contribution in [3.8, 4) is 11.5 Å². The number of methoxy groups -OCH3 is 1. The summed E-state index contributed by atoms with van der Waals surface area (Å²) in [6.07, 6.45) is 1.91. The second-order valence-corrected chi connectivity index (χ2v) is 8.69. The molecule has 8 heteroatoms. The number of para-hydroxylation sites is 1. The number of carbonyl (C=O) groups is 2. The molecule has 0 saturated heterocycles. The van der Waals surface area contributed by atoms with Crippen molar-refractivity contribution in [3.05, 3.63) is 87.4 Å². The number of nitrogens with one attached hydrogen (secondary N) is 2. The maximum absolute atomic E-state index is 12.2. The number of nitrogens with zero attached hydrogens (tertiary/aromatic N) is 1. The minimum atomic E-state index is -0.517. The minimum Gasteiger partial charge on any atom is -0.493 e. The zero-order chi connectivity index (χ0) is 25.2. The van der Waals surface area contributed by atoms with Crippen LogP contribution >= 0.6 is 15.9 Å². The van der Waals surface area contributed by atoms with Crippen molar-refractivity contribution in [1.82, 2.24) is 5.43 Å². The maximum atomic E-state index is 12.2. The summed E-state index contributed by atoms with van der Waals surface area (Å²) in [6, 6.07) is 19.1. The Bertz CT molecular complexity index is 1210. The molecular weight excluding hydrogens is 510 g/mol. The van der Waals surface area contributed by atoms with Crippen LogP contribution in [-0.4, -0.2) is 25.1 Å². The summed E-state index contributed by atoms with van der Waals surface area (Å²) >= 11 is 3.51. The van der Waals surface area contributed by atoms with Crippen molar-refractivity contribution in [3.63, 3.8) is 0 Å². The molecule has 0 bridgehead atoms. The van der Waals surface area contributed by atoms with Gasteiger partial charge in [-0.2, -0.15) is 5.10 Å². The molecule has 0 heterocycles. The third kappa shape index (κ3) is 7.68. The lowest BCUT2D eigenvalue weighted by atomic mass is 10.1. The number of amides is 2. The average Bonchev–Trinajstić information content (AvgIpc) is 2.84. The van der Waals surface area contributed by atoms with E-state index in [0.717, 1.165) is 17.5 Å². The molecular formula is C27H28BrN3O4. The highest BCUT2D eigenvalue weighted by Crippen LogP contribution is 2.36. The van der Waals surface area contributed by atoms with Gasteiger partial charge in [-0.15, -0.1) is 0 Å². The van der Waals surface area contributed by atoms with E-state index in [9.17, 15) is 9.59 Å². The number of anilines is 1. The Kier molecular flexibility index (Phi) is 9.43. The van der Waals surface area contributed by atoms with Gasteiger partial charge in [-0.3, -0.25) is 9.59 Å². The maximum Gasteiger partial charge on any atom is 0.249 e. The van der Waals surface area contributed by atoms with E-state index in [1.165, 1.54) is 11.8 Å². The van der Waals surface area contributed by atoms with Crippen LogP contribution in [-0.2, 0) is 22.6 Å². The van der Waals surface area contributed by atoms with Crippen molar-refractivity contribution in [2.24, 2.45) is 5.10 Å². The first-order valence-corrected chi connectivity index (χ1v) is 11.9. The van der Waals surface area contributed by atoms with E-state index in [1.54, 1.807) is 19.2 Å². The van der Waals surface area contributed by atoms with E-state index in [-0.39, 0.29) is 6.42 Å². The lowest BCUT2D eigenvalue weighted by Gasteiger charge is -2.13. The molecule has 0 spiro atoms. The van der Waals surface area contributed by atoms with Gasteiger partial charge in [-0.25, -0.2) is 5.43 Å². The third-order valence-electron chi connectivity index (χ3n) is 5.15. The van der Waals surface area contributed by atoms with Crippen LogP contribution in [0.2, 0.25) is 0 Å². The molecule has 3 aromatic carbocycles. The summed E-state index contributed by atoms with van der Waals surface area (Å²) in [4.78, 5) is 24.3. The second kappa shape index (κ2) is 12.7. The molecule has 3 rings (SSSR count). The number of aryl methyl sites for hydroxylation is 2. The zero-order valence-electron chi connectivity index (χ0n) is 19.9. The van der Waals surface area contributed by atoms with Gasteiger partial charge in [0.05, 0.1) is 17.8 Å². The summed E-state index contributed by atoms with van der Waals surface area (Å²) in [7, 11) is 1.55. The van der Waals surface area contributed by atoms with Crippen LogP contribution in [0.5, 0.6) is 11.5 Å². The van der Waals surface area contributed by atoms with Gasteiger partial charge in [0.1, 0.15) is 13.0 Å². The van der Waals surface area contributed by atoms with Crippen LogP contribution in [0.15, 0.2) is 70.2 Å². The Morgan fingerprint density at radius 1 is 1.06 bits per heavy atom. The first-order valence-electron chi connectivity index (χ1n) is 11.1. The van der Waals surface area contributed by atoms with Crippen molar-refractivity contribution in [2.45, 2.75) is 33.3 Å². The number of hydrogen-bond acceptors (Lipinski definition) is 5. The SMILES string of the molecule is CCc1ccccc1NC(=O)CC(=O)NN=Cc1cc(Br)c(OCc2ccc(C)cc2)c(OC)c1. The fourth-order valence-electron chi connectivity index (χ4n) is 3.30. The molecule has 182 valence electrons. The molecule has 2 N–H and O–H groups in total. The van der Waals surface area contributed by atoms with Crippen LogP contribution in [0.25, 0.3) is 0 Å². The number of hydrogen-bond donors (Lipinski definition) is 2. The summed E-state index contributed by atoms with van der Waals surface area (Å²) in [5.74, 6) is 0.168. The molecule has 0 saturated carbocycles. The molecule has 0 aliphatic carbocycles. The van der Waals surface area contributed by atoms with E-state index >= 15 is 0 Å². The lowest BCUT2D eigenvalue weighted by molar-refractivity contribution is -0.126. The van der Waals surface area contributed by atoms with E-state index in [4.69, 9.17) is 9.47 Å². The molecule has 0 atom stereocenters. The Labute approximate surface area is 213 Å². The summed E-state index contributed by atoms with van der Waals surface area (Å²) in [5.41, 5.74) is 7.00. The Hall–Kier alpha value is -3.65. The Morgan fingerprint density at radius 2 is 1.80 bits per heavy atom. The fraction of sp³-hybridized carbons (Fsp3) is 0.222. The van der Waals surface area contributed by atoms with Crippen molar-refractivity contribution >= 4 is 39.6 Å². The predicted molar refractivity (Wildman–Crippen MR) is 141 cm³/mol. The van der Waals surface area contributed by atoms with Gasteiger partial charge in [-0.1, -0.05) is 55.0 Å². The second-order valence-electron chi connectivity index (χ2n) is 7.84. The summed E-state index contributed by atoms with van der Waals surface area (Å²) < 4.78 is 12.1. The van der Waals surface area contributed by atoms with E-state index in [0.29, 0.717) is 33.8 Å². The average molecular weight is 538 g/mol. The van der Waals surface area contributed by atoms with E-state index in [1.807, 2.05) is 62.4 Å². The zero-order valence-corrected chi connectivity index (χ0v) is 21.5. The van der Waals surface area contributed by atoms with Crippen LogP contribution < -0.4 is 20.2 Å². The van der Waals surface area contributed by atoms with Gasteiger partial charge in [-0.05, 0) is 64.2 Å². The smallest absolute Gasteiger partial charge is 0.249 e. The molecule has 7 nitrogen and oxygen atoms in total. The number of hydrazone groups is 1. The Balaban J connectivity index is 1.57. The van der Waals surface area contributed by atoms with Crippen LogP contribution in [0.1, 0.15) is 35.6 Å². The monoisotopic (exact) mass is 537 g/mol. The van der Waals surface area contributed by atoms with Gasteiger partial charge >= 0.3 is 0 Å². The highest BCUT2D eigenvalue weighted by Gasteiger charge is 2.13. The molecule has 0 aromatic heterocycles. The summed E-state index contributed by atoms with van der Waals surface area (Å²) in [5, 5.41) is 6.73. The number of carbonyl (C=O) groups excluding carboxylic acids is 2. The summed E-state index contributed by atoms with van der Waals surface area (Å²) in [6.45, 7) is 4.43. The first-order chi connectivity index (χ1) is 16.9. The quantitative estimate of drug-likeness (QED) is 0.206. The van der Waals surface area contributed by atoms with Gasteiger partial charge in [0.2, 0.25) is 11.8 Å². The van der Waals surface area contributed by atoms with E-state index in [2.05, 4.69) is 31.8 Å². The molecule has 0 fully saturated rings. The number of ether oxygens (including phenoxy) is 2. The normalized spacial score (nSPS) is 10.7. The molecule has 35 heavy (non-hydrogen) atoms. The molecule has 0 aliphatic heterocycles. The van der Waals surface area contributed by atoms with Crippen LogP contribution in [0.3, 0.4) is 0 Å². The van der Waals surface area contributed by atoms with Gasteiger partial charge < -0.3 is 14.8 Å². The van der Waals surface area contributed by atoms with Crippen molar-refractivity contribution < 1.29 is 19.1 Å². The van der Waals surface area contributed by atoms with E-state index < -0.39 is 11.8 Å². The molecule has 2 amide bonds. The van der Waals surface area contributed by atoms with Crippen LogP contribution in [0, 0.1) is 6.92 Å². The van der Waals surface area contributed by atoms with Crippen molar-refractivity contribution in [1.29, 1.82) is 0 Å². The topological polar surface area (TPSA) is 89.0 Å². The molecule has 0 unspecified atom stereocenters. The molecule has 0 radical (unpaired) electrons. The van der Waals surface area contributed by atoms with Gasteiger partial charge in [0.15, 0.2) is 11.5 Å². The number of benzene rings is 3. The highest BCUT2D eigenvalue weighted by molar-refractivity contribution is 9.10. The van der Waals surface area contributed by atoms with Gasteiger partial charge in [0.25, 0.3) is 0 Å². The molecule has 0 aliphatic rings. The fourth-order valence-corrected chi connectivity index (χ4v) is 3.88. The number of halogens is 1.